The van der Waals surface area contributed by atoms with Crippen LogP contribution in [-0.2, 0) is 17.5 Å². The summed E-state index contributed by atoms with van der Waals surface area (Å²) in [4.78, 5) is 26.9. The number of amides is 1. The summed E-state index contributed by atoms with van der Waals surface area (Å²) in [6, 6.07) is 3.09. The summed E-state index contributed by atoms with van der Waals surface area (Å²) in [5.41, 5.74) is 3.18. The van der Waals surface area contributed by atoms with Crippen molar-refractivity contribution in [3.8, 4) is 0 Å². The lowest BCUT2D eigenvalue weighted by atomic mass is 10.2. The molecular formula is C12H8F3N5O2. The van der Waals surface area contributed by atoms with Crippen LogP contribution in [0.25, 0.3) is 16.7 Å². The van der Waals surface area contributed by atoms with Gasteiger partial charge in [0.25, 0.3) is 5.56 Å². The highest BCUT2D eigenvalue weighted by Crippen LogP contribution is 2.28. The normalized spacial score (nSPS) is 12.1. The van der Waals surface area contributed by atoms with E-state index in [4.69, 9.17) is 5.73 Å². The Bertz CT molecular complexity index is 957. The van der Waals surface area contributed by atoms with Crippen LogP contribution in [0.3, 0.4) is 0 Å². The lowest BCUT2D eigenvalue weighted by Gasteiger charge is -2.11. The molecule has 0 saturated carbocycles. The smallest absolute Gasteiger partial charge is 0.368 e. The van der Waals surface area contributed by atoms with Crippen LogP contribution in [0.4, 0.5) is 13.2 Å². The zero-order valence-electron chi connectivity index (χ0n) is 10.8. The number of fused-ring (bicyclic) bond motifs is 3. The summed E-state index contributed by atoms with van der Waals surface area (Å²) >= 11 is 0. The van der Waals surface area contributed by atoms with E-state index in [2.05, 4.69) is 10.1 Å². The van der Waals surface area contributed by atoms with E-state index < -0.39 is 29.9 Å². The number of hydrogen-bond donors (Lipinski definition) is 1. The second-order valence-corrected chi connectivity index (χ2v) is 4.52. The van der Waals surface area contributed by atoms with Gasteiger partial charge in [0.15, 0.2) is 5.65 Å². The standard InChI is InChI=1S/C12H8F3N5O2/c13-12(14,15)7-2-1-6-10(18-7)20-9(3-4-17-20)19(11(6)22)5-8(16)21/h1-4H,5H2,(H2,16,21). The molecule has 7 nitrogen and oxygen atoms in total. The molecule has 0 bridgehead atoms. The minimum Gasteiger partial charge on any atom is -0.368 e. The monoisotopic (exact) mass is 311 g/mol. The molecule has 22 heavy (non-hydrogen) atoms. The molecule has 0 aliphatic rings. The van der Waals surface area contributed by atoms with E-state index in [1.54, 1.807) is 0 Å². The second kappa shape index (κ2) is 4.55. The van der Waals surface area contributed by atoms with Gasteiger partial charge in [-0.3, -0.25) is 14.2 Å². The quantitative estimate of drug-likeness (QED) is 0.747. The highest BCUT2D eigenvalue weighted by atomic mass is 19.4. The van der Waals surface area contributed by atoms with Crippen LogP contribution in [0.15, 0.2) is 29.2 Å². The molecule has 0 spiro atoms. The number of carbonyl (C=O) groups is 1. The van der Waals surface area contributed by atoms with Gasteiger partial charge in [0.2, 0.25) is 5.91 Å². The molecule has 0 aromatic carbocycles. The van der Waals surface area contributed by atoms with Gasteiger partial charge in [0.1, 0.15) is 17.9 Å². The number of aromatic nitrogens is 4. The molecular weight excluding hydrogens is 303 g/mol. The van der Waals surface area contributed by atoms with E-state index >= 15 is 0 Å². The van der Waals surface area contributed by atoms with Gasteiger partial charge in [-0.1, -0.05) is 0 Å². The van der Waals surface area contributed by atoms with Crippen molar-refractivity contribution in [1.29, 1.82) is 0 Å². The van der Waals surface area contributed by atoms with Crippen molar-refractivity contribution >= 4 is 22.6 Å². The molecule has 0 atom stereocenters. The summed E-state index contributed by atoms with van der Waals surface area (Å²) in [5.74, 6) is -0.760. The number of hydrogen-bond acceptors (Lipinski definition) is 4. The fourth-order valence-corrected chi connectivity index (χ4v) is 2.16. The number of pyridine rings is 1. The predicted molar refractivity (Wildman–Crippen MR) is 68.9 cm³/mol. The average Bonchev–Trinajstić information content (AvgIpc) is 2.91. The first-order valence-electron chi connectivity index (χ1n) is 6.02. The van der Waals surface area contributed by atoms with Crippen LogP contribution < -0.4 is 11.3 Å². The molecule has 1 amide bonds. The fourth-order valence-electron chi connectivity index (χ4n) is 2.16. The van der Waals surface area contributed by atoms with Gasteiger partial charge in [0, 0.05) is 6.07 Å². The third-order valence-corrected chi connectivity index (χ3v) is 3.05. The van der Waals surface area contributed by atoms with Crippen molar-refractivity contribution in [2.75, 3.05) is 0 Å². The van der Waals surface area contributed by atoms with Crippen molar-refractivity contribution < 1.29 is 18.0 Å². The van der Waals surface area contributed by atoms with E-state index in [-0.39, 0.29) is 16.7 Å². The molecule has 3 heterocycles. The Balaban J connectivity index is 2.43. The molecule has 3 aromatic heterocycles. The van der Waals surface area contributed by atoms with Crippen LogP contribution in [-0.4, -0.2) is 25.1 Å². The minimum atomic E-state index is -4.64. The van der Waals surface area contributed by atoms with Gasteiger partial charge in [-0.05, 0) is 12.1 Å². The maximum absolute atomic E-state index is 12.8. The van der Waals surface area contributed by atoms with E-state index in [9.17, 15) is 22.8 Å². The Hall–Kier alpha value is -2.91. The van der Waals surface area contributed by atoms with Crippen LogP contribution in [0, 0.1) is 0 Å². The second-order valence-electron chi connectivity index (χ2n) is 4.52. The number of nitrogens with zero attached hydrogens (tertiary/aromatic N) is 4. The van der Waals surface area contributed by atoms with Gasteiger partial charge in [0.05, 0.1) is 11.6 Å². The Labute approximate surface area is 119 Å². The zero-order chi connectivity index (χ0) is 16.1. The van der Waals surface area contributed by atoms with Crippen molar-refractivity contribution in [3.05, 3.63) is 40.4 Å². The molecule has 0 saturated heterocycles. The van der Waals surface area contributed by atoms with Crippen LogP contribution in [0.1, 0.15) is 5.69 Å². The largest absolute Gasteiger partial charge is 0.433 e. The molecule has 0 unspecified atom stereocenters. The molecule has 3 aromatic rings. The topological polar surface area (TPSA) is 95.3 Å². The maximum Gasteiger partial charge on any atom is 0.433 e. The van der Waals surface area contributed by atoms with Crippen LogP contribution >= 0.6 is 0 Å². The summed E-state index contributed by atoms with van der Waals surface area (Å²) in [7, 11) is 0. The van der Waals surface area contributed by atoms with E-state index in [0.717, 1.165) is 15.1 Å². The Morgan fingerprint density at radius 1 is 1.27 bits per heavy atom. The SMILES string of the molecule is NC(=O)Cn1c(=O)c2ccc(C(F)(F)F)nc2n2nccc12. The van der Waals surface area contributed by atoms with Crippen LogP contribution in [0.5, 0.6) is 0 Å². The third-order valence-electron chi connectivity index (χ3n) is 3.05. The maximum atomic E-state index is 12.8. The number of alkyl halides is 3. The first kappa shape index (κ1) is 14.0. The number of rotatable bonds is 2. The fraction of sp³-hybridized carbons (Fsp3) is 0.167. The average molecular weight is 311 g/mol. The lowest BCUT2D eigenvalue weighted by molar-refractivity contribution is -0.141. The molecule has 10 heteroatoms. The van der Waals surface area contributed by atoms with Crippen molar-refractivity contribution in [1.82, 2.24) is 19.2 Å². The highest BCUT2D eigenvalue weighted by Gasteiger charge is 2.33. The number of halogens is 3. The summed E-state index contributed by atoms with van der Waals surface area (Å²) in [5, 5.41) is 3.76. The molecule has 2 N–H and O–H groups in total. The summed E-state index contributed by atoms with van der Waals surface area (Å²) in [6.45, 7) is -0.412. The van der Waals surface area contributed by atoms with E-state index in [1.165, 1.54) is 12.3 Å². The first-order chi connectivity index (χ1) is 10.3. The van der Waals surface area contributed by atoms with Gasteiger partial charge < -0.3 is 5.73 Å². The molecule has 0 fully saturated rings. The van der Waals surface area contributed by atoms with E-state index in [1.807, 2.05) is 0 Å². The van der Waals surface area contributed by atoms with Gasteiger partial charge in [-0.15, -0.1) is 0 Å². The minimum absolute atomic E-state index is 0.0922. The van der Waals surface area contributed by atoms with E-state index in [0.29, 0.717) is 6.07 Å². The lowest BCUT2D eigenvalue weighted by Crippen LogP contribution is -2.30. The Morgan fingerprint density at radius 2 is 2.00 bits per heavy atom. The molecule has 0 aliphatic carbocycles. The van der Waals surface area contributed by atoms with Crippen molar-refractivity contribution in [3.63, 3.8) is 0 Å². The third kappa shape index (κ3) is 2.08. The van der Waals surface area contributed by atoms with Crippen LogP contribution in [0.2, 0.25) is 0 Å². The van der Waals surface area contributed by atoms with Crippen molar-refractivity contribution in [2.24, 2.45) is 5.73 Å². The van der Waals surface area contributed by atoms with Crippen molar-refractivity contribution in [2.45, 2.75) is 12.7 Å². The van der Waals surface area contributed by atoms with Gasteiger partial charge in [-0.2, -0.15) is 22.8 Å². The molecule has 0 aliphatic heterocycles. The Morgan fingerprint density at radius 3 is 2.64 bits per heavy atom. The van der Waals surface area contributed by atoms with Gasteiger partial charge >= 0.3 is 6.18 Å². The zero-order valence-corrected chi connectivity index (χ0v) is 10.8. The number of carbonyl (C=O) groups excluding carboxylic acids is 1. The predicted octanol–water partition coefficient (Wildman–Crippen LogP) is 0.548. The number of primary amides is 1. The highest BCUT2D eigenvalue weighted by molar-refractivity contribution is 5.79. The number of nitrogens with two attached hydrogens (primary N) is 1. The molecule has 3 rings (SSSR count). The summed E-state index contributed by atoms with van der Waals surface area (Å²) < 4.78 is 40.4. The molecule has 114 valence electrons. The van der Waals surface area contributed by atoms with Gasteiger partial charge in [-0.25, -0.2) is 4.98 Å². The Kier molecular flexibility index (Phi) is 2.90. The summed E-state index contributed by atoms with van der Waals surface area (Å²) in [6.07, 6.45) is -3.36. The molecule has 0 radical (unpaired) electrons. The first-order valence-corrected chi connectivity index (χ1v) is 6.02.